The van der Waals surface area contributed by atoms with Gasteiger partial charge in [-0.05, 0) is 37.0 Å². The summed E-state index contributed by atoms with van der Waals surface area (Å²) in [4.78, 5) is 35.8. The first kappa shape index (κ1) is 20.4. The van der Waals surface area contributed by atoms with E-state index >= 15 is 0 Å². The highest BCUT2D eigenvalue weighted by molar-refractivity contribution is 6.34. The molecule has 0 aliphatic heterocycles. The molecule has 6 nitrogen and oxygen atoms in total. The van der Waals surface area contributed by atoms with Crippen LogP contribution >= 0.6 is 11.6 Å². The Morgan fingerprint density at radius 3 is 2.54 bits per heavy atom. The number of aromatic nitrogens is 1. The highest BCUT2D eigenvalue weighted by Crippen LogP contribution is 2.39. The van der Waals surface area contributed by atoms with Crippen LogP contribution in [0.3, 0.4) is 0 Å². The van der Waals surface area contributed by atoms with Crippen molar-refractivity contribution in [2.24, 2.45) is 5.92 Å². The summed E-state index contributed by atoms with van der Waals surface area (Å²) in [5.41, 5.74) is 1.61. The van der Waals surface area contributed by atoms with Gasteiger partial charge in [-0.15, -0.1) is 0 Å². The minimum atomic E-state index is -1.01. The molecule has 1 aliphatic rings. The fourth-order valence-corrected chi connectivity index (χ4v) is 4.53. The zero-order valence-corrected chi connectivity index (χ0v) is 16.8. The molecule has 150 valence electrons. The van der Waals surface area contributed by atoms with E-state index in [1.54, 1.807) is 22.9 Å². The first-order valence-electron chi connectivity index (χ1n) is 9.44. The number of hydrogen-bond acceptors (Lipinski definition) is 4. The average Bonchev–Trinajstić information content (AvgIpc) is 3.26. The Balaban J connectivity index is 2.16. The Kier molecular flexibility index (Phi) is 6.08. The van der Waals surface area contributed by atoms with Gasteiger partial charge in [-0.25, -0.2) is 0 Å². The van der Waals surface area contributed by atoms with Crippen molar-refractivity contribution in [3.63, 3.8) is 0 Å². The van der Waals surface area contributed by atoms with Crippen molar-refractivity contribution in [1.82, 2.24) is 4.57 Å². The van der Waals surface area contributed by atoms with Crippen LogP contribution < -0.4 is 0 Å². The minimum absolute atomic E-state index is 0.202. The van der Waals surface area contributed by atoms with E-state index in [0.717, 1.165) is 25.7 Å². The summed E-state index contributed by atoms with van der Waals surface area (Å²) in [6, 6.07) is 3.27. The summed E-state index contributed by atoms with van der Waals surface area (Å²) in [5, 5.41) is 10.3. The standard InChI is InChI=1S/C21H24ClNO5/c1-12(24)14-9-19-15(8-18(14)22)17(10-23(19)11-20(25)26)16(21(27)28-2)7-13-5-3-4-6-13/h8-10,13,16H,3-7,11H2,1-2H3,(H,25,26). The second-order valence-electron chi connectivity index (χ2n) is 7.47. The SMILES string of the molecule is COC(=O)C(CC1CCCC1)c1cn(CC(=O)O)c2cc(C(C)=O)c(Cl)cc12. The number of halogens is 1. The van der Waals surface area contributed by atoms with E-state index in [0.29, 0.717) is 39.4 Å². The molecule has 1 atom stereocenters. The normalized spacial score (nSPS) is 15.7. The predicted molar refractivity (Wildman–Crippen MR) is 106 cm³/mol. The molecule has 0 bridgehead atoms. The van der Waals surface area contributed by atoms with E-state index in [4.69, 9.17) is 16.3 Å². The van der Waals surface area contributed by atoms with Crippen LogP contribution in [-0.2, 0) is 20.9 Å². The van der Waals surface area contributed by atoms with Gasteiger partial charge in [0.15, 0.2) is 5.78 Å². The van der Waals surface area contributed by atoms with Gasteiger partial charge in [0, 0.05) is 22.7 Å². The van der Waals surface area contributed by atoms with Crippen LogP contribution in [-0.4, -0.2) is 34.5 Å². The van der Waals surface area contributed by atoms with Gasteiger partial charge in [0.05, 0.1) is 18.1 Å². The summed E-state index contributed by atoms with van der Waals surface area (Å²) >= 11 is 6.31. The molecule has 1 fully saturated rings. The van der Waals surface area contributed by atoms with Crippen LogP contribution in [0.15, 0.2) is 18.3 Å². The summed E-state index contributed by atoms with van der Waals surface area (Å²) in [6.45, 7) is 1.14. The zero-order chi connectivity index (χ0) is 20.4. The maximum atomic E-state index is 12.6. The number of aliphatic carboxylic acids is 1. The number of ketones is 1. The van der Waals surface area contributed by atoms with Gasteiger partial charge >= 0.3 is 11.9 Å². The molecule has 1 aromatic carbocycles. The van der Waals surface area contributed by atoms with Gasteiger partial charge in [0.2, 0.25) is 0 Å². The van der Waals surface area contributed by atoms with Crippen molar-refractivity contribution >= 4 is 40.2 Å². The maximum Gasteiger partial charge on any atom is 0.323 e. The first-order valence-corrected chi connectivity index (χ1v) is 9.82. The van der Waals surface area contributed by atoms with E-state index in [-0.39, 0.29) is 18.3 Å². The molecule has 0 amide bonds. The van der Waals surface area contributed by atoms with Gasteiger partial charge in [-0.2, -0.15) is 0 Å². The third-order valence-electron chi connectivity index (χ3n) is 5.59. The smallest absolute Gasteiger partial charge is 0.323 e. The number of benzene rings is 1. The molecule has 1 heterocycles. The lowest BCUT2D eigenvalue weighted by atomic mass is 9.87. The van der Waals surface area contributed by atoms with Gasteiger partial charge in [0.1, 0.15) is 6.54 Å². The largest absolute Gasteiger partial charge is 0.480 e. The lowest BCUT2D eigenvalue weighted by Gasteiger charge is -2.18. The molecule has 3 rings (SSSR count). The number of carboxylic acids is 1. The predicted octanol–water partition coefficient (Wildman–Crippen LogP) is 4.42. The van der Waals surface area contributed by atoms with Gasteiger partial charge in [-0.1, -0.05) is 37.3 Å². The fourth-order valence-electron chi connectivity index (χ4n) is 4.23. The number of carbonyl (C=O) groups excluding carboxylic acids is 2. The highest BCUT2D eigenvalue weighted by atomic mass is 35.5. The molecule has 1 N–H and O–H groups in total. The summed E-state index contributed by atoms with van der Waals surface area (Å²) in [7, 11) is 1.36. The molecule has 7 heteroatoms. The molecule has 0 spiro atoms. The topological polar surface area (TPSA) is 85.6 Å². The fraction of sp³-hybridized carbons (Fsp3) is 0.476. The number of esters is 1. The van der Waals surface area contributed by atoms with Crippen molar-refractivity contribution in [3.8, 4) is 0 Å². The Morgan fingerprint density at radius 2 is 1.96 bits per heavy atom. The Hall–Kier alpha value is -2.34. The number of methoxy groups -OCH3 is 1. The number of Topliss-reactive ketones (excluding diaryl/α,β-unsaturated/α-hetero) is 1. The van der Waals surface area contributed by atoms with Crippen molar-refractivity contribution in [2.45, 2.75) is 51.5 Å². The van der Waals surface area contributed by atoms with Crippen LogP contribution in [0.2, 0.25) is 5.02 Å². The average molecular weight is 406 g/mol. The zero-order valence-electron chi connectivity index (χ0n) is 16.0. The number of nitrogens with zero attached hydrogens (tertiary/aromatic N) is 1. The van der Waals surface area contributed by atoms with E-state index < -0.39 is 11.9 Å². The minimum Gasteiger partial charge on any atom is -0.480 e. The van der Waals surface area contributed by atoms with Crippen molar-refractivity contribution in [1.29, 1.82) is 0 Å². The van der Waals surface area contributed by atoms with Crippen LogP contribution in [0.25, 0.3) is 10.9 Å². The summed E-state index contributed by atoms with van der Waals surface area (Å²) < 4.78 is 6.61. The molecule has 1 saturated carbocycles. The molecule has 0 radical (unpaired) electrons. The van der Waals surface area contributed by atoms with E-state index in [2.05, 4.69) is 0 Å². The molecule has 1 unspecified atom stereocenters. The number of carbonyl (C=O) groups is 3. The third-order valence-corrected chi connectivity index (χ3v) is 5.90. The lowest BCUT2D eigenvalue weighted by Crippen LogP contribution is -2.17. The van der Waals surface area contributed by atoms with Crippen LogP contribution in [0.1, 0.15) is 60.9 Å². The van der Waals surface area contributed by atoms with E-state index in [9.17, 15) is 19.5 Å². The van der Waals surface area contributed by atoms with E-state index in [1.165, 1.54) is 14.0 Å². The third kappa shape index (κ3) is 4.07. The maximum absolute atomic E-state index is 12.6. The number of fused-ring (bicyclic) bond motifs is 1. The number of ether oxygens (including phenoxy) is 1. The monoisotopic (exact) mass is 405 g/mol. The van der Waals surface area contributed by atoms with Crippen LogP contribution in [0.5, 0.6) is 0 Å². The first-order chi connectivity index (χ1) is 13.3. The van der Waals surface area contributed by atoms with Crippen LogP contribution in [0.4, 0.5) is 0 Å². The Bertz CT molecular complexity index is 927. The van der Waals surface area contributed by atoms with Crippen molar-refractivity contribution in [2.75, 3.05) is 7.11 Å². The highest BCUT2D eigenvalue weighted by Gasteiger charge is 2.30. The molecule has 0 saturated heterocycles. The number of rotatable bonds is 7. The lowest BCUT2D eigenvalue weighted by molar-refractivity contribution is -0.143. The van der Waals surface area contributed by atoms with Crippen molar-refractivity contribution in [3.05, 3.63) is 34.5 Å². The second kappa shape index (κ2) is 8.35. The molecule has 1 aliphatic carbocycles. The second-order valence-corrected chi connectivity index (χ2v) is 7.88. The van der Waals surface area contributed by atoms with Gasteiger partial charge in [0.25, 0.3) is 0 Å². The molecule has 28 heavy (non-hydrogen) atoms. The molecular formula is C21H24ClNO5. The van der Waals surface area contributed by atoms with Crippen molar-refractivity contribution < 1.29 is 24.2 Å². The van der Waals surface area contributed by atoms with Crippen LogP contribution in [0, 0.1) is 5.92 Å². The molecular weight excluding hydrogens is 382 g/mol. The van der Waals surface area contributed by atoms with E-state index in [1.807, 2.05) is 0 Å². The van der Waals surface area contributed by atoms with Gasteiger partial charge in [-0.3, -0.25) is 14.4 Å². The Labute approximate surface area is 168 Å². The summed E-state index contributed by atoms with van der Waals surface area (Å²) in [5.74, 6) is -1.60. The number of carboxylic acid groups (broad SMARTS) is 1. The molecule has 2 aromatic rings. The number of hydrogen-bond donors (Lipinski definition) is 1. The quantitative estimate of drug-likeness (QED) is 0.544. The summed E-state index contributed by atoms with van der Waals surface area (Å²) in [6.07, 6.45) is 6.83. The van der Waals surface area contributed by atoms with Gasteiger partial charge < -0.3 is 14.4 Å². The molecule has 1 aromatic heterocycles. The Morgan fingerprint density at radius 1 is 1.29 bits per heavy atom.